The predicted molar refractivity (Wildman–Crippen MR) is 79.8 cm³/mol. The van der Waals surface area contributed by atoms with E-state index in [-0.39, 0.29) is 5.82 Å². The van der Waals surface area contributed by atoms with Crippen molar-refractivity contribution in [3.05, 3.63) is 62.8 Å². The second-order valence-electron chi connectivity index (χ2n) is 3.89. The zero-order valence-corrected chi connectivity index (χ0v) is 13.1. The molecular weight excluding hydrogens is 354 g/mol. The summed E-state index contributed by atoms with van der Waals surface area (Å²) in [6.07, 6.45) is 0. The molecule has 0 bridgehead atoms. The van der Waals surface area contributed by atoms with E-state index in [1.54, 1.807) is 37.4 Å². The van der Waals surface area contributed by atoms with Gasteiger partial charge in [-0.15, -0.1) is 11.6 Å². The van der Waals surface area contributed by atoms with E-state index in [1.807, 2.05) is 0 Å². The fraction of sp³-hybridized carbons (Fsp3) is 0.143. The molecule has 0 spiro atoms. The lowest BCUT2D eigenvalue weighted by Gasteiger charge is -2.15. The van der Waals surface area contributed by atoms with Crippen molar-refractivity contribution in [2.45, 2.75) is 5.38 Å². The molecule has 0 aliphatic heterocycles. The molecule has 0 N–H and O–H groups in total. The lowest BCUT2D eigenvalue weighted by atomic mass is 10.0. The highest BCUT2D eigenvalue weighted by molar-refractivity contribution is 9.10. The molecule has 0 heterocycles. The summed E-state index contributed by atoms with van der Waals surface area (Å²) in [5.74, 6) is 0.295. The molecule has 0 aliphatic carbocycles. The van der Waals surface area contributed by atoms with Crippen molar-refractivity contribution in [3.8, 4) is 5.75 Å². The molecule has 0 aliphatic rings. The SMILES string of the molecule is COc1ccc(C(Cl)c2cccc(F)c2Br)c(Cl)c1. The van der Waals surface area contributed by atoms with Gasteiger partial charge in [0.1, 0.15) is 11.6 Å². The number of rotatable bonds is 3. The van der Waals surface area contributed by atoms with Crippen LogP contribution >= 0.6 is 39.1 Å². The minimum atomic E-state index is -0.538. The largest absolute Gasteiger partial charge is 0.497 e. The molecule has 0 aromatic heterocycles. The maximum Gasteiger partial charge on any atom is 0.137 e. The van der Waals surface area contributed by atoms with E-state index in [9.17, 15) is 4.39 Å². The number of methoxy groups -OCH3 is 1. The molecule has 19 heavy (non-hydrogen) atoms. The lowest BCUT2D eigenvalue weighted by Crippen LogP contribution is -1.97. The topological polar surface area (TPSA) is 9.23 Å². The summed E-state index contributed by atoms with van der Waals surface area (Å²) in [4.78, 5) is 0. The monoisotopic (exact) mass is 362 g/mol. The molecule has 100 valence electrons. The van der Waals surface area contributed by atoms with E-state index in [0.29, 0.717) is 26.4 Å². The van der Waals surface area contributed by atoms with Crippen LogP contribution in [0.15, 0.2) is 40.9 Å². The van der Waals surface area contributed by atoms with Crippen LogP contribution < -0.4 is 4.74 Å². The Labute approximate surface area is 129 Å². The summed E-state index contributed by atoms with van der Waals surface area (Å²) < 4.78 is 18.9. The first kappa shape index (κ1) is 14.6. The fourth-order valence-electron chi connectivity index (χ4n) is 1.72. The van der Waals surface area contributed by atoms with E-state index in [4.69, 9.17) is 27.9 Å². The number of alkyl halides is 1. The van der Waals surface area contributed by atoms with Crippen molar-refractivity contribution in [1.82, 2.24) is 0 Å². The average molecular weight is 364 g/mol. The van der Waals surface area contributed by atoms with Crippen LogP contribution in [0.5, 0.6) is 5.75 Å². The van der Waals surface area contributed by atoms with Crippen molar-refractivity contribution < 1.29 is 9.13 Å². The highest BCUT2D eigenvalue weighted by atomic mass is 79.9. The summed E-state index contributed by atoms with van der Waals surface area (Å²) in [7, 11) is 1.56. The number of benzene rings is 2. The Morgan fingerprint density at radius 2 is 1.95 bits per heavy atom. The van der Waals surface area contributed by atoms with Crippen LogP contribution in [0.1, 0.15) is 16.5 Å². The Bertz CT molecular complexity index is 604. The molecule has 0 amide bonds. The Hall–Kier alpha value is -0.770. The number of ether oxygens (including phenoxy) is 1. The molecule has 2 aromatic rings. The van der Waals surface area contributed by atoms with Gasteiger partial charge in [-0.2, -0.15) is 0 Å². The molecule has 0 radical (unpaired) electrons. The zero-order chi connectivity index (χ0) is 14.0. The van der Waals surface area contributed by atoms with Gasteiger partial charge >= 0.3 is 0 Å². The Kier molecular flexibility index (Phi) is 4.71. The predicted octanol–water partition coefficient (Wildman–Crippen LogP) is 5.58. The van der Waals surface area contributed by atoms with Crippen LogP contribution in [0.2, 0.25) is 5.02 Å². The Morgan fingerprint density at radius 1 is 1.21 bits per heavy atom. The molecule has 5 heteroatoms. The van der Waals surface area contributed by atoms with Gasteiger partial charge in [-0.1, -0.05) is 29.8 Å². The third-order valence-corrected chi connectivity index (χ3v) is 4.37. The molecule has 1 unspecified atom stereocenters. The van der Waals surface area contributed by atoms with Gasteiger partial charge in [-0.3, -0.25) is 0 Å². The fourth-order valence-corrected chi connectivity index (χ4v) is 3.06. The van der Waals surface area contributed by atoms with Crippen molar-refractivity contribution in [1.29, 1.82) is 0 Å². The highest BCUT2D eigenvalue weighted by Gasteiger charge is 2.18. The summed E-state index contributed by atoms with van der Waals surface area (Å²) in [6, 6.07) is 9.96. The Morgan fingerprint density at radius 3 is 2.58 bits per heavy atom. The van der Waals surface area contributed by atoms with E-state index in [1.165, 1.54) is 6.07 Å². The van der Waals surface area contributed by atoms with E-state index in [0.717, 1.165) is 0 Å². The zero-order valence-electron chi connectivity index (χ0n) is 9.96. The van der Waals surface area contributed by atoms with Crippen LogP contribution in [0, 0.1) is 5.82 Å². The number of hydrogen-bond donors (Lipinski definition) is 0. The smallest absolute Gasteiger partial charge is 0.137 e. The number of halogens is 4. The Balaban J connectivity index is 2.44. The molecule has 0 fully saturated rings. The van der Waals surface area contributed by atoms with Gasteiger partial charge in [0.2, 0.25) is 0 Å². The normalized spacial score (nSPS) is 12.3. The van der Waals surface area contributed by atoms with Crippen LogP contribution in [0.4, 0.5) is 4.39 Å². The number of hydrogen-bond acceptors (Lipinski definition) is 1. The van der Waals surface area contributed by atoms with Gasteiger partial charge in [-0.25, -0.2) is 4.39 Å². The molecule has 0 saturated heterocycles. The quantitative estimate of drug-likeness (QED) is 0.647. The third kappa shape index (κ3) is 3.04. The molecule has 2 rings (SSSR count). The molecule has 2 aromatic carbocycles. The van der Waals surface area contributed by atoms with Crippen molar-refractivity contribution in [3.63, 3.8) is 0 Å². The molecular formula is C14H10BrCl2FO. The van der Waals surface area contributed by atoms with Crippen molar-refractivity contribution in [2.24, 2.45) is 0 Å². The molecule has 0 saturated carbocycles. The van der Waals surface area contributed by atoms with Gasteiger partial charge in [0.25, 0.3) is 0 Å². The van der Waals surface area contributed by atoms with E-state index >= 15 is 0 Å². The summed E-state index contributed by atoms with van der Waals surface area (Å²) in [5, 5.41) is -0.0565. The van der Waals surface area contributed by atoms with Gasteiger partial charge < -0.3 is 4.74 Å². The highest BCUT2D eigenvalue weighted by Crippen LogP contribution is 2.39. The van der Waals surface area contributed by atoms with E-state index < -0.39 is 5.38 Å². The van der Waals surface area contributed by atoms with Gasteiger partial charge in [0.05, 0.1) is 17.0 Å². The van der Waals surface area contributed by atoms with Crippen LogP contribution in [0.25, 0.3) is 0 Å². The summed E-state index contributed by atoms with van der Waals surface area (Å²) in [6.45, 7) is 0. The second kappa shape index (κ2) is 6.12. The maximum absolute atomic E-state index is 13.5. The lowest BCUT2D eigenvalue weighted by molar-refractivity contribution is 0.414. The average Bonchev–Trinajstić information content (AvgIpc) is 2.41. The minimum absolute atomic E-state index is 0.349. The first-order valence-corrected chi connectivity index (χ1v) is 7.06. The standard InChI is InChI=1S/C14H10BrCl2FO/c1-19-8-5-6-9(11(16)7-8)14(17)10-3-2-4-12(18)13(10)15/h2-7,14H,1H3. The van der Waals surface area contributed by atoms with Gasteiger partial charge in [0, 0.05) is 5.02 Å². The van der Waals surface area contributed by atoms with Crippen LogP contribution in [-0.4, -0.2) is 7.11 Å². The molecule has 1 atom stereocenters. The van der Waals surface area contributed by atoms with Crippen LogP contribution in [0.3, 0.4) is 0 Å². The molecule has 1 nitrogen and oxygen atoms in total. The van der Waals surface area contributed by atoms with Gasteiger partial charge in [0.15, 0.2) is 0 Å². The minimum Gasteiger partial charge on any atom is -0.497 e. The maximum atomic E-state index is 13.5. The van der Waals surface area contributed by atoms with E-state index in [2.05, 4.69) is 15.9 Å². The first-order valence-electron chi connectivity index (χ1n) is 5.46. The third-order valence-electron chi connectivity index (χ3n) is 2.74. The van der Waals surface area contributed by atoms with Crippen LogP contribution in [-0.2, 0) is 0 Å². The summed E-state index contributed by atoms with van der Waals surface area (Å²) in [5.41, 5.74) is 1.34. The van der Waals surface area contributed by atoms with Crippen molar-refractivity contribution in [2.75, 3.05) is 7.11 Å². The first-order chi connectivity index (χ1) is 9.04. The van der Waals surface area contributed by atoms with Crippen molar-refractivity contribution >= 4 is 39.1 Å². The van der Waals surface area contributed by atoms with Gasteiger partial charge in [-0.05, 0) is 45.3 Å². The summed E-state index contributed by atoms with van der Waals surface area (Å²) >= 11 is 15.8. The second-order valence-corrected chi connectivity index (χ2v) is 5.53.